The molecular formula is C10H18O4S2. The predicted octanol–water partition coefficient (Wildman–Crippen LogP) is 0.667. The Hall–Kier alpha value is 0.540. The maximum atomic E-state index is 9.46. The molecule has 0 aliphatic carbocycles. The molecule has 0 aromatic heterocycles. The Labute approximate surface area is 104 Å². The Morgan fingerprint density at radius 3 is 1.62 bits per heavy atom. The van der Waals surface area contributed by atoms with Gasteiger partial charge in [0, 0.05) is 34.8 Å². The molecule has 0 aromatic rings. The molecule has 2 aliphatic rings. The molecule has 6 heteroatoms. The van der Waals surface area contributed by atoms with Crippen molar-refractivity contribution in [1.82, 2.24) is 0 Å². The van der Waals surface area contributed by atoms with E-state index in [0.29, 0.717) is 36.6 Å². The molecule has 16 heavy (non-hydrogen) atoms. The highest BCUT2D eigenvalue weighted by Crippen LogP contribution is 2.31. The van der Waals surface area contributed by atoms with E-state index in [1.54, 1.807) is 0 Å². The molecule has 0 radical (unpaired) electrons. The third-order valence-corrected chi connectivity index (χ3v) is 4.30. The van der Waals surface area contributed by atoms with Crippen molar-refractivity contribution in [3.63, 3.8) is 0 Å². The van der Waals surface area contributed by atoms with Crippen LogP contribution in [0.1, 0.15) is 12.8 Å². The maximum absolute atomic E-state index is 9.46. The van der Waals surface area contributed by atoms with Gasteiger partial charge >= 0.3 is 0 Å². The summed E-state index contributed by atoms with van der Waals surface area (Å²) in [5.74, 6) is 2.27. The average Bonchev–Trinajstić information content (AvgIpc) is 3.15. The molecule has 0 amide bonds. The summed E-state index contributed by atoms with van der Waals surface area (Å²) in [5.41, 5.74) is 0. The van der Waals surface area contributed by atoms with Gasteiger partial charge in [0.2, 0.25) is 0 Å². The van der Waals surface area contributed by atoms with Gasteiger partial charge in [-0.2, -0.15) is 23.5 Å². The van der Waals surface area contributed by atoms with Gasteiger partial charge in [0.05, 0.1) is 13.2 Å². The number of aliphatic hydroxyl groups is 2. The Kier molecular flexibility index (Phi) is 5.25. The average molecular weight is 266 g/mol. The SMILES string of the molecule is OC(CCC(O)OCC1CS1)OCC1CS1. The van der Waals surface area contributed by atoms with Gasteiger partial charge in [0.1, 0.15) is 0 Å². The quantitative estimate of drug-likeness (QED) is 0.472. The molecule has 94 valence electrons. The first-order valence-electron chi connectivity index (χ1n) is 5.56. The monoisotopic (exact) mass is 266 g/mol. The molecule has 2 saturated heterocycles. The van der Waals surface area contributed by atoms with Crippen molar-refractivity contribution in [2.24, 2.45) is 0 Å². The van der Waals surface area contributed by atoms with Gasteiger partial charge in [0.25, 0.3) is 0 Å². The lowest BCUT2D eigenvalue weighted by Crippen LogP contribution is -2.20. The predicted molar refractivity (Wildman–Crippen MR) is 65.6 cm³/mol. The minimum atomic E-state index is -0.769. The highest BCUT2D eigenvalue weighted by molar-refractivity contribution is 8.07. The van der Waals surface area contributed by atoms with Crippen molar-refractivity contribution in [1.29, 1.82) is 0 Å². The second-order valence-corrected chi connectivity index (χ2v) is 6.73. The lowest BCUT2D eigenvalue weighted by atomic mass is 10.3. The van der Waals surface area contributed by atoms with E-state index in [4.69, 9.17) is 9.47 Å². The highest BCUT2D eigenvalue weighted by Gasteiger charge is 2.25. The van der Waals surface area contributed by atoms with Crippen LogP contribution in [0.25, 0.3) is 0 Å². The summed E-state index contributed by atoms with van der Waals surface area (Å²) in [6, 6.07) is 0. The molecular weight excluding hydrogens is 248 g/mol. The van der Waals surface area contributed by atoms with Gasteiger partial charge in [-0.1, -0.05) is 0 Å². The van der Waals surface area contributed by atoms with Crippen LogP contribution < -0.4 is 0 Å². The summed E-state index contributed by atoms with van der Waals surface area (Å²) in [4.78, 5) is 0. The second kappa shape index (κ2) is 6.47. The molecule has 4 atom stereocenters. The summed E-state index contributed by atoms with van der Waals surface area (Å²) in [6.45, 7) is 1.23. The topological polar surface area (TPSA) is 58.9 Å². The molecule has 0 saturated carbocycles. The lowest BCUT2D eigenvalue weighted by molar-refractivity contribution is -0.137. The number of aliphatic hydroxyl groups excluding tert-OH is 2. The van der Waals surface area contributed by atoms with Crippen LogP contribution in [0.5, 0.6) is 0 Å². The van der Waals surface area contributed by atoms with E-state index in [1.807, 2.05) is 23.5 Å². The summed E-state index contributed by atoms with van der Waals surface area (Å²) >= 11 is 3.68. The third-order valence-electron chi connectivity index (χ3n) is 2.41. The van der Waals surface area contributed by atoms with Crippen molar-refractivity contribution >= 4 is 23.5 Å². The van der Waals surface area contributed by atoms with Crippen LogP contribution in [0.4, 0.5) is 0 Å². The van der Waals surface area contributed by atoms with Crippen LogP contribution in [0.3, 0.4) is 0 Å². The lowest BCUT2D eigenvalue weighted by Gasteiger charge is -2.15. The molecule has 2 aliphatic heterocycles. The smallest absolute Gasteiger partial charge is 0.154 e. The first-order chi connectivity index (χ1) is 7.74. The molecule has 2 rings (SSSR count). The highest BCUT2D eigenvalue weighted by atomic mass is 32.2. The van der Waals surface area contributed by atoms with Crippen molar-refractivity contribution in [3.05, 3.63) is 0 Å². The van der Waals surface area contributed by atoms with Crippen LogP contribution in [0.2, 0.25) is 0 Å². The van der Waals surface area contributed by atoms with E-state index < -0.39 is 12.6 Å². The van der Waals surface area contributed by atoms with Crippen molar-refractivity contribution < 1.29 is 19.7 Å². The number of rotatable bonds is 9. The zero-order valence-corrected chi connectivity index (χ0v) is 10.7. The minimum Gasteiger partial charge on any atom is -0.368 e. The van der Waals surface area contributed by atoms with Gasteiger partial charge in [-0.05, 0) is 0 Å². The number of hydrogen-bond donors (Lipinski definition) is 2. The van der Waals surface area contributed by atoms with E-state index in [9.17, 15) is 10.2 Å². The fourth-order valence-corrected chi connectivity index (χ4v) is 2.03. The molecule has 0 spiro atoms. The molecule has 0 aromatic carbocycles. The summed E-state index contributed by atoms with van der Waals surface area (Å²) in [7, 11) is 0. The summed E-state index contributed by atoms with van der Waals surface area (Å²) < 4.78 is 10.4. The first-order valence-corrected chi connectivity index (χ1v) is 7.66. The summed E-state index contributed by atoms with van der Waals surface area (Å²) in [6.07, 6.45) is -0.684. The Morgan fingerprint density at radius 1 is 0.938 bits per heavy atom. The Morgan fingerprint density at radius 2 is 1.31 bits per heavy atom. The van der Waals surface area contributed by atoms with Crippen molar-refractivity contribution in [2.45, 2.75) is 35.9 Å². The van der Waals surface area contributed by atoms with Crippen LogP contribution in [-0.4, -0.2) is 58.0 Å². The van der Waals surface area contributed by atoms with Gasteiger partial charge in [-0.3, -0.25) is 0 Å². The summed E-state index contributed by atoms with van der Waals surface area (Å²) in [5, 5.41) is 20.1. The molecule has 4 unspecified atom stereocenters. The standard InChI is InChI=1S/C10H18O4S2/c11-9(13-3-7-5-15-7)1-2-10(12)14-4-8-6-16-8/h7-12H,1-6H2. The fourth-order valence-electron chi connectivity index (χ4n) is 1.22. The number of hydrogen-bond acceptors (Lipinski definition) is 6. The van der Waals surface area contributed by atoms with Gasteiger partial charge in [0.15, 0.2) is 12.6 Å². The van der Waals surface area contributed by atoms with Gasteiger partial charge in [-0.15, -0.1) is 0 Å². The van der Waals surface area contributed by atoms with E-state index in [-0.39, 0.29) is 0 Å². The van der Waals surface area contributed by atoms with Crippen LogP contribution in [-0.2, 0) is 9.47 Å². The van der Waals surface area contributed by atoms with E-state index in [2.05, 4.69) is 0 Å². The minimum absolute atomic E-state index is 0.427. The largest absolute Gasteiger partial charge is 0.368 e. The zero-order chi connectivity index (χ0) is 11.4. The molecule has 0 bridgehead atoms. The Bertz CT molecular complexity index is 187. The fraction of sp³-hybridized carbons (Fsp3) is 1.00. The van der Waals surface area contributed by atoms with Crippen LogP contribution in [0, 0.1) is 0 Å². The van der Waals surface area contributed by atoms with Gasteiger partial charge < -0.3 is 19.7 Å². The number of ether oxygens (including phenoxy) is 2. The van der Waals surface area contributed by atoms with E-state index in [0.717, 1.165) is 11.5 Å². The normalized spacial score (nSPS) is 31.1. The third kappa shape index (κ3) is 5.75. The number of thioether (sulfide) groups is 2. The van der Waals surface area contributed by atoms with Crippen molar-refractivity contribution in [2.75, 3.05) is 24.7 Å². The maximum Gasteiger partial charge on any atom is 0.154 e. The molecule has 2 N–H and O–H groups in total. The molecule has 2 fully saturated rings. The van der Waals surface area contributed by atoms with Crippen LogP contribution >= 0.6 is 23.5 Å². The van der Waals surface area contributed by atoms with E-state index >= 15 is 0 Å². The molecule has 2 heterocycles. The van der Waals surface area contributed by atoms with Crippen LogP contribution in [0.15, 0.2) is 0 Å². The Balaban J connectivity index is 1.44. The second-order valence-electron chi connectivity index (χ2n) is 4.06. The van der Waals surface area contributed by atoms with Gasteiger partial charge in [-0.25, -0.2) is 0 Å². The molecule has 4 nitrogen and oxygen atoms in total. The van der Waals surface area contributed by atoms with E-state index in [1.165, 1.54) is 0 Å². The van der Waals surface area contributed by atoms with Crippen molar-refractivity contribution in [3.8, 4) is 0 Å². The zero-order valence-electron chi connectivity index (χ0n) is 9.08. The first kappa shape index (κ1) is 13.0.